The molecular weight excluding hydrogens is 282 g/mol. The maximum absolute atomic E-state index is 5.91. The van der Waals surface area contributed by atoms with Crippen LogP contribution in [-0.2, 0) is 6.61 Å². The van der Waals surface area contributed by atoms with E-state index in [9.17, 15) is 0 Å². The maximum Gasteiger partial charge on any atom is 0.136 e. The zero-order valence-corrected chi connectivity index (χ0v) is 12.5. The van der Waals surface area contributed by atoms with E-state index in [1.165, 1.54) is 11.5 Å². The molecule has 0 saturated carbocycles. The van der Waals surface area contributed by atoms with Gasteiger partial charge in [0.1, 0.15) is 23.1 Å². The molecule has 6 heteroatoms. The molecule has 1 heterocycles. The third kappa shape index (κ3) is 3.81. The van der Waals surface area contributed by atoms with Gasteiger partial charge < -0.3 is 10.1 Å². The van der Waals surface area contributed by atoms with Crippen LogP contribution in [0.5, 0.6) is 5.75 Å². The Balaban J connectivity index is 2.00. The van der Waals surface area contributed by atoms with Crippen molar-refractivity contribution in [3.05, 3.63) is 34.5 Å². The molecule has 0 atom stereocenters. The van der Waals surface area contributed by atoms with Crippen LogP contribution >= 0.6 is 23.1 Å². The lowest BCUT2D eigenvalue weighted by Gasteiger charge is -2.09. The van der Waals surface area contributed by atoms with Gasteiger partial charge in [0.25, 0.3) is 0 Å². The van der Waals surface area contributed by atoms with Gasteiger partial charge in [0, 0.05) is 23.1 Å². The summed E-state index contributed by atoms with van der Waals surface area (Å²) < 4.78 is 9.71. The zero-order chi connectivity index (χ0) is 13.7. The molecule has 2 aromatic rings. The summed E-state index contributed by atoms with van der Waals surface area (Å²) in [5.74, 6) is 0.818. The molecule has 0 aliphatic heterocycles. The molecule has 0 bridgehead atoms. The molecule has 1 N–H and O–H groups in total. The highest BCUT2D eigenvalue weighted by Gasteiger charge is 2.09. The van der Waals surface area contributed by atoms with Crippen LogP contribution in [0.15, 0.2) is 18.2 Å². The van der Waals surface area contributed by atoms with Crippen LogP contribution in [0.1, 0.15) is 24.6 Å². The van der Waals surface area contributed by atoms with Crippen LogP contribution in [0.3, 0.4) is 0 Å². The van der Waals surface area contributed by atoms with E-state index in [2.05, 4.69) is 21.8 Å². The Morgan fingerprint density at radius 1 is 1.42 bits per heavy atom. The number of aromatic nitrogens is 2. The highest BCUT2D eigenvalue weighted by atomic mass is 35.5. The number of benzene rings is 1. The van der Waals surface area contributed by atoms with Gasteiger partial charge >= 0.3 is 0 Å². The fourth-order valence-electron chi connectivity index (χ4n) is 1.60. The lowest BCUT2D eigenvalue weighted by Crippen LogP contribution is -2.04. The molecule has 0 saturated heterocycles. The first-order chi connectivity index (χ1) is 9.20. The van der Waals surface area contributed by atoms with E-state index in [4.69, 9.17) is 16.3 Å². The van der Waals surface area contributed by atoms with E-state index < -0.39 is 0 Å². The SMILES string of the molecule is CCCNc1snnc1COc1ccc(Cl)cc1C. The van der Waals surface area contributed by atoms with Crippen molar-refractivity contribution in [3.63, 3.8) is 0 Å². The first-order valence-corrected chi connectivity index (χ1v) is 7.30. The second-order valence-corrected chi connectivity index (χ2v) is 5.36. The fourth-order valence-corrected chi connectivity index (χ4v) is 2.42. The van der Waals surface area contributed by atoms with Crippen molar-refractivity contribution < 1.29 is 4.74 Å². The molecule has 0 unspecified atom stereocenters. The average molecular weight is 298 g/mol. The normalized spacial score (nSPS) is 10.5. The molecule has 4 nitrogen and oxygen atoms in total. The van der Waals surface area contributed by atoms with Crippen LogP contribution in [0.25, 0.3) is 0 Å². The standard InChI is InChI=1S/C13H16ClN3OS/c1-3-6-15-13-11(16-17-19-13)8-18-12-5-4-10(14)7-9(12)2/h4-5,7,15H,3,6,8H2,1-2H3. The molecule has 0 aliphatic carbocycles. The lowest BCUT2D eigenvalue weighted by atomic mass is 10.2. The summed E-state index contributed by atoms with van der Waals surface area (Å²) in [6.45, 7) is 5.41. The van der Waals surface area contributed by atoms with Gasteiger partial charge in [0.2, 0.25) is 0 Å². The number of nitrogens with one attached hydrogen (secondary N) is 1. The predicted octanol–water partition coefficient (Wildman–Crippen LogP) is 3.90. The van der Waals surface area contributed by atoms with E-state index in [0.717, 1.165) is 35.0 Å². The van der Waals surface area contributed by atoms with E-state index in [1.807, 2.05) is 25.1 Å². The van der Waals surface area contributed by atoms with Crippen LogP contribution in [-0.4, -0.2) is 16.1 Å². The van der Waals surface area contributed by atoms with Crippen LogP contribution in [0.2, 0.25) is 5.02 Å². The highest BCUT2D eigenvalue weighted by Crippen LogP contribution is 2.24. The molecule has 1 aromatic heterocycles. The Morgan fingerprint density at radius 2 is 2.26 bits per heavy atom. The molecule has 1 aromatic carbocycles. The van der Waals surface area contributed by atoms with Gasteiger partial charge in [-0.25, -0.2) is 0 Å². The van der Waals surface area contributed by atoms with Gasteiger partial charge in [0.05, 0.1) is 0 Å². The molecule has 0 amide bonds. The summed E-state index contributed by atoms with van der Waals surface area (Å²) in [7, 11) is 0. The molecule has 0 radical (unpaired) electrons. The largest absolute Gasteiger partial charge is 0.487 e. The van der Waals surface area contributed by atoms with E-state index in [0.29, 0.717) is 11.6 Å². The van der Waals surface area contributed by atoms with Crippen molar-refractivity contribution >= 4 is 28.1 Å². The zero-order valence-electron chi connectivity index (χ0n) is 10.9. The molecule has 0 fully saturated rings. The minimum absolute atomic E-state index is 0.408. The number of rotatable bonds is 6. The predicted molar refractivity (Wildman–Crippen MR) is 79.2 cm³/mol. The molecule has 0 spiro atoms. The first-order valence-electron chi connectivity index (χ1n) is 6.14. The number of anilines is 1. The summed E-state index contributed by atoms with van der Waals surface area (Å²) in [5, 5.41) is 9.08. The van der Waals surface area contributed by atoms with Crippen molar-refractivity contribution in [2.24, 2.45) is 0 Å². The van der Waals surface area contributed by atoms with Crippen LogP contribution < -0.4 is 10.1 Å². The average Bonchev–Trinajstić information content (AvgIpc) is 2.83. The van der Waals surface area contributed by atoms with Crippen molar-refractivity contribution in [1.82, 2.24) is 9.59 Å². The fraction of sp³-hybridized carbons (Fsp3) is 0.385. The number of ether oxygens (including phenoxy) is 1. The van der Waals surface area contributed by atoms with E-state index in [-0.39, 0.29) is 0 Å². The van der Waals surface area contributed by atoms with Crippen molar-refractivity contribution in [2.45, 2.75) is 26.9 Å². The maximum atomic E-state index is 5.91. The second-order valence-electron chi connectivity index (χ2n) is 4.17. The Labute approximate surface area is 121 Å². The summed E-state index contributed by atoms with van der Waals surface area (Å²) in [6.07, 6.45) is 1.06. The number of hydrogen-bond acceptors (Lipinski definition) is 5. The topological polar surface area (TPSA) is 47.0 Å². The molecular formula is C13H16ClN3OS. The lowest BCUT2D eigenvalue weighted by molar-refractivity contribution is 0.299. The van der Waals surface area contributed by atoms with Gasteiger partial charge in [-0.2, -0.15) is 0 Å². The number of nitrogens with zero attached hydrogens (tertiary/aromatic N) is 2. The van der Waals surface area contributed by atoms with E-state index >= 15 is 0 Å². The summed E-state index contributed by atoms with van der Waals surface area (Å²) >= 11 is 7.27. The van der Waals surface area contributed by atoms with E-state index in [1.54, 1.807) is 0 Å². The van der Waals surface area contributed by atoms with Crippen LogP contribution in [0, 0.1) is 6.92 Å². The number of halogens is 1. The minimum Gasteiger partial charge on any atom is -0.487 e. The summed E-state index contributed by atoms with van der Waals surface area (Å²) in [6, 6.07) is 5.57. The third-order valence-corrected chi connectivity index (χ3v) is 3.55. The Bertz CT molecular complexity index is 544. The van der Waals surface area contributed by atoms with Crippen molar-refractivity contribution in [1.29, 1.82) is 0 Å². The Kier molecular flexibility index (Phi) is 4.99. The highest BCUT2D eigenvalue weighted by molar-refractivity contribution is 7.10. The number of aryl methyl sites for hydroxylation is 1. The smallest absolute Gasteiger partial charge is 0.136 e. The summed E-state index contributed by atoms with van der Waals surface area (Å²) in [5.41, 5.74) is 1.85. The van der Waals surface area contributed by atoms with Crippen molar-refractivity contribution in [3.8, 4) is 5.75 Å². The Morgan fingerprint density at radius 3 is 3.00 bits per heavy atom. The van der Waals surface area contributed by atoms with Gasteiger partial charge in [0.15, 0.2) is 0 Å². The Hall–Kier alpha value is -1.33. The monoisotopic (exact) mass is 297 g/mol. The van der Waals surface area contributed by atoms with Gasteiger partial charge in [-0.1, -0.05) is 23.0 Å². The third-order valence-electron chi connectivity index (χ3n) is 2.59. The van der Waals surface area contributed by atoms with Crippen LogP contribution in [0.4, 0.5) is 5.00 Å². The molecule has 0 aliphatic rings. The first kappa shape index (κ1) is 14.1. The minimum atomic E-state index is 0.408. The second kappa shape index (κ2) is 6.73. The quantitative estimate of drug-likeness (QED) is 0.878. The summed E-state index contributed by atoms with van der Waals surface area (Å²) in [4.78, 5) is 0. The molecule has 2 rings (SSSR count). The van der Waals surface area contributed by atoms with Crippen molar-refractivity contribution in [2.75, 3.05) is 11.9 Å². The van der Waals surface area contributed by atoms with Gasteiger partial charge in [-0.3, -0.25) is 0 Å². The molecule has 102 valence electrons. The molecule has 19 heavy (non-hydrogen) atoms. The number of hydrogen-bond donors (Lipinski definition) is 1. The van der Waals surface area contributed by atoms with Gasteiger partial charge in [-0.15, -0.1) is 5.10 Å². The van der Waals surface area contributed by atoms with Gasteiger partial charge in [-0.05, 0) is 37.1 Å².